The molecule has 0 spiro atoms. The van der Waals surface area contributed by atoms with Crippen molar-refractivity contribution in [1.82, 2.24) is 10.6 Å². The molecule has 27 heavy (non-hydrogen) atoms. The van der Waals surface area contributed by atoms with Gasteiger partial charge in [0.25, 0.3) is 0 Å². The van der Waals surface area contributed by atoms with E-state index < -0.39 is 6.04 Å². The third-order valence-electron chi connectivity index (χ3n) is 4.58. The van der Waals surface area contributed by atoms with E-state index in [0.717, 1.165) is 24.2 Å². The second kappa shape index (κ2) is 10.3. The zero-order chi connectivity index (χ0) is 19.3. The van der Waals surface area contributed by atoms with Crippen LogP contribution in [0, 0.1) is 5.92 Å². The normalized spacial score (nSPS) is 15.9. The highest BCUT2D eigenvalue weighted by molar-refractivity contribution is 5.95. The summed E-state index contributed by atoms with van der Waals surface area (Å²) in [5.41, 5.74) is 7.50. The average Bonchev–Trinajstić information content (AvgIpc) is 3.05. The number of nitrogens with zero attached hydrogens (tertiary/aromatic N) is 1. The van der Waals surface area contributed by atoms with Crippen LogP contribution in [0.25, 0.3) is 0 Å². The summed E-state index contributed by atoms with van der Waals surface area (Å²) in [6.07, 6.45) is 1.45. The van der Waals surface area contributed by atoms with Gasteiger partial charge in [0.2, 0.25) is 17.7 Å². The van der Waals surface area contributed by atoms with E-state index in [9.17, 15) is 14.4 Å². The molecule has 1 aromatic carbocycles. The molecule has 1 saturated heterocycles. The van der Waals surface area contributed by atoms with Gasteiger partial charge < -0.3 is 21.3 Å². The van der Waals surface area contributed by atoms with Gasteiger partial charge in [-0.15, -0.1) is 12.4 Å². The Kier molecular flexibility index (Phi) is 8.72. The number of hydrogen-bond acceptors (Lipinski definition) is 4. The van der Waals surface area contributed by atoms with Crippen LogP contribution in [-0.2, 0) is 14.4 Å². The van der Waals surface area contributed by atoms with Crippen LogP contribution in [0.3, 0.4) is 0 Å². The van der Waals surface area contributed by atoms with Crippen LogP contribution in [0.2, 0.25) is 0 Å². The summed E-state index contributed by atoms with van der Waals surface area (Å²) in [5, 5.41) is 5.40. The second-order valence-electron chi connectivity index (χ2n) is 7.02. The number of anilines is 1. The van der Waals surface area contributed by atoms with E-state index in [4.69, 9.17) is 5.73 Å². The second-order valence-corrected chi connectivity index (χ2v) is 7.02. The Morgan fingerprint density at radius 1 is 1.26 bits per heavy atom. The Labute approximate surface area is 166 Å². The topological polar surface area (TPSA) is 105 Å². The molecule has 2 rings (SSSR count). The summed E-state index contributed by atoms with van der Waals surface area (Å²) in [6, 6.07) is 6.73. The van der Waals surface area contributed by atoms with Crippen LogP contribution in [0.4, 0.5) is 5.69 Å². The number of amides is 3. The van der Waals surface area contributed by atoms with Crippen LogP contribution in [0.15, 0.2) is 24.3 Å². The summed E-state index contributed by atoms with van der Waals surface area (Å²) < 4.78 is 0. The molecule has 2 atom stereocenters. The molecule has 0 bridgehead atoms. The number of carbonyl (C=O) groups is 3. The van der Waals surface area contributed by atoms with Gasteiger partial charge in [0.1, 0.15) is 0 Å². The highest BCUT2D eigenvalue weighted by Crippen LogP contribution is 2.24. The van der Waals surface area contributed by atoms with E-state index in [1.54, 1.807) is 4.90 Å². The monoisotopic (exact) mass is 396 g/mol. The summed E-state index contributed by atoms with van der Waals surface area (Å²) >= 11 is 0. The molecule has 1 aliphatic heterocycles. The Morgan fingerprint density at radius 3 is 2.56 bits per heavy atom. The first-order chi connectivity index (χ1) is 12.3. The number of hydrogen-bond donors (Lipinski definition) is 3. The van der Waals surface area contributed by atoms with Crippen molar-refractivity contribution < 1.29 is 14.4 Å². The van der Waals surface area contributed by atoms with Gasteiger partial charge in [0.05, 0.1) is 18.6 Å². The van der Waals surface area contributed by atoms with Crippen LogP contribution in [0.5, 0.6) is 0 Å². The van der Waals surface area contributed by atoms with E-state index in [-0.39, 0.29) is 48.6 Å². The minimum absolute atomic E-state index is 0. The van der Waals surface area contributed by atoms with Gasteiger partial charge in [-0.25, -0.2) is 0 Å². The molecule has 0 aliphatic carbocycles. The largest absolute Gasteiger partial charge is 0.348 e. The first kappa shape index (κ1) is 22.9. The fourth-order valence-electron chi connectivity index (χ4n) is 2.85. The number of carbonyl (C=O) groups excluding carboxylic acids is 3. The van der Waals surface area contributed by atoms with Crippen LogP contribution in [0.1, 0.15) is 45.2 Å². The van der Waals surface area contributed by atoms with Gasteiger partial charge in [0, 0.05) is 18.7 Å². The molecule has 1 aromatic rings. The molecule has 0 saturated carbocycles. The minimum Gasteiger partial charge on any atom is -0.348 e. The van der Waals surface area contributed by atoms with Gasteiger partial charge in [0.15, 0.2) is 0 Å². The summed E-state index contributed by atoms with van der Waals surface area (Å²) in [4.78, 5) is 37.6. The summed E-state index contributed by atoms with van der Waals surface area (Å²) in [6.45, 7) is 6.18. The van der Waals surface area contributed by atoms with Crippen LogP contribution >= 0.6 is 12.4 Å². The average molecular weight is 397 g/mol. The fourth-order valence-corrected chi connectivity index (χ4v) is 2.85. The maximum Gasteiger partial charge on any atom is 0.239 e. The summed E-state index contributed by atoms with van der Waals surface area (Å²) in [5.74, 6) is -0.488. The van der Waals surface area contributed by atoms with E-state index >= 15 is 0 Å². The molecule has 8 heteroatoms. The maximum atomic E-state index is 12.1. The Hall–Kier alpha value is -2.12. The lowest BCUT2D eigenvalue weighted by molar-refractivity contribution is -0.127. The standard InChI is InChI=1S/C19H28N4O3.ClH/c1-12(2)18(20)19(26)21-11-16(24)22-13(3)14-6-4-7-15(10-14)23-9-5-8-17(23)25;/h4,6-7,10,12-13,18H,5,8-9,11,20H2,1-3H3,(H,21,26)(H,22,24);1H/t13?,18-;/m0./s1. The first-order valence-corrected chi connectivity index (χ1v) is 9.02. The highest BCUT2D eigenvalue weighted by Gasteiger charge is 2.22. The van der Waals surface area contributed by atoms with Crippen molar-refractivity contribution in [2.24, 2.45) is 11.7 Å². The van der Waals surface area contributed by atoms with E-state index in [1.165, 1.54) is 0 Å². The lowest BCUT2D eigenvalue weighted by atomic mass is 10.1. The smallest absolute Gasteiger partial charge is 0.239 e. The number of nitrogens with one attached hydrogen (secondary N) is 2. The predicted molar refractivity (Wildman–Crippen MR) is 108 cm³/mol. The number of nitrogens with two attached hydrogens (primary N) is 1. The molecular weight excluding hydrogens is 368 g/mol. The molecule has 3 amide bonds. The Balaban J connectivity index is 0.00000364. The maximum absolute atomic E-state index is 12.1. The predicted octanol–water partition coefficient (Wildman–Crippen LogP) is 1.51. The van der Waals surface area contributed by atoms with Crippen molar-refractivity contribution in [3.05, 3.63) is 29.8 Å². The minimum atomic E-state index is -0.630. The first-order valence-electron chi connectivity index (χ1n) is 9.02. The molecular formula is C19H29ClN4O3. The number of benzene rings is 1. The van der Waals surface area contributed by atoms with E-state index in [2.05, 4.69) is 10.6 Å². The lowest BCUT2D eigenvalue weighted by Gasteiger charge is -2.20. The number of rotatable bonds is 7. The molecule has 0 radical (unpaired) electrons. The van der Waals surface area contributed by atoms with Crippen molar-refractivity contribution in [2.45, 2.75) is 45.7 Å². The van der Waals surface area contributed by atoms with Crippen LogP contribution < -0.4 is 21.3 Å². The lowest BCUT2D eigenvalue weighted by Crippen LogP contribution is -2.47. The number of halogens is 1. The Bertz CT molecular complexity index is 681. The van der Waals surface area contributed by atoms with Crippen LogP contribution in [-0.4, -0.2) is 36.9 Å². The molecule has 150 valence electrons. The van der Waals surface area contributed by atoms with Gasteiger partial charge in [-0.1, -0.05) is 26.0 Å². The highest BCUT2D eigenvalue weighted by atomic mass is 35.5. The van der Waals surface area contributed by atoms with Gasteiger partial charge in [-0.05, 0) is 37.0 Å². The molecule has 1 fully saturated rings. The van der Waals surface area contributed by atoms with E-state index in [0.29, 0.717) is 6.42 Å². The van der Waals surface area contributed by atoms with Crippen molar-refractivity contribution in [2.75, 3.05) is 18.0 Å². The summed E-state index contributed by atoms with van der Waals surface area (Å²) in [7, 11) is 0. The molecule has 1 aliphatic rings. The molecule has 0 aromatic heterocycles. The van der Waals surface area contributed by atoms with Gasteiger partial charge >= 0.3 is 0 Å². The van der Waals surface area contributed by atoms with Crippen molar-refractivity contribution in [1.29, 1.82) is 0 Å². The van der Waals surface area contributed by atoms with Crippen molar-refractivity contribution in [3.63, 3.8) is 0 Å². The molecule has 1 unspecified atom stereocenters. The van der Waals surface area contributed by atoms with E-state index in [1.807, 2.05) is 45.0 Å². The fraction of sp³-hybridized carbons (Fsp3) is 0.526. The third-order valence-corrected chi connectivity index (χ3v) is 4.58. The third kappa shape index (κ3) is 6.22. The Morgan fingerprint density at radius 2 is 1.96 bits per heavy atom. The zero-order valence-electron chi connectivity index (χ0n) is 16.0. The van der Waals surface area contributed by atoms with Gasteiger partial charge in [-0.3, -0.25) is 14.4 Å². The van der Waals surface area contributed by atoms with Gasteiger partial charge in [-0.2, -0.15) is 0 Å². The van der Waals surface area contributed by atoms with Crippen molar-refractivity contribution in [3.8, 4) is 0 Å². The SMILES string of the molecule is CC(NC(=O)CNC(=O)[C@@H](N)C(C)C)c1cccc(N2CCCC2=O)c1.Cl. The quantitative estimate of drug-likeness (QED) is 0.649. The van der Waals surface area contributed by atoms with Crippen molar-refractivity contribution >= 4 is 35.8 Å². The zero-order valence-corrected chi connectivity index (χ0v) is 16.8. The molecule has 1 heterocycles. The molecule has 4 N–H and O–H groups in total. The molecule has 7 nitrogen and oxygen atoms in total.